The third kappa shape index (κ3) is 1.84. The minimum absolute atomic E-state index is 0.121. The lowest BCUT2D eigenvalue weighted by Crippen LogP contribution is -2.18. The second-order valence-electron chi connectivity index (χ2n) is 3.33. The van der Waals surface area contributed by atoms with Crippen LogP contribution < -0.4 is 0 Å². The van der Waals surface area contributed by atoms with Crippen LogP contribution in [0.25, 0.3) is 0 Å². The average Bonchev–Trinajstić information content (AvgIpc) is 1.88. The Morgan fingerprint density at radius 2 is 2.40 bits per heavy atom. The Kier molecular flexibility index (Phi) is 2.50. The second-order valence-corrected chi connectivity index (χ2v) is 3.33. The van der Waals surface area contributed by atoms with Gasteiger partial charge in [-0.3, -0.25) is 0 Å². The number of aliphatic hydroxyl groups is 1. The first kappa shape index (κ1) is 7.80. The fourth-order valence-corrected chi connectivity index (χ4v) is 1.42. The monoisotopic (exact) mass is 140 g/mol. The van der Waals surface area contributed by atoms with Crippen molar-refractivity contribution in [1.29, 1.82) is 0 Å². The van der Waals surface area contributed by atoms with E-state index in [0.29, 0.717) is 5.92 Å². The van der Waals surface area contributed by atoms with Crippen molar-refractivity contribution in [2.24, 2.45) is 5.92 Å². The molecule has 0 saturated carbocycles. The van der Waals surface area contributed by atoms with E-state index in [1.54, 1.807) is 0 Å². The van der Waals surface area contributed by atoms with Crippen molar-refractivity contribution in [2.75, 3.05) is 0 Å². The van der Waals surface area contributed by atoms with Gasteiger partial charge in [-0.25, -0.2) is 0 Å². The lowest BCUT2D eigenvalue weighted by atomic mass is 9.87. The van der Waals surface area contributed by atoms with Gasteiger partial charge in [0.1, 0.15) is 0 Å². The molecule has 1 nitrogen and oxygen atoms in total. The van der Waals surface area contributed by atoms with Gasteiger partial charge in [0, 0.05) is 0 Å². The molecule has 0 aromatic carbocycles. The molecule has 0 heterocycles. The quantitative estimate of drug-likeness (QED) is 0.553. The Morgan fingerprint density at radius 3 is 2.80 bits per heavy atom. The summed E-state index contributed by atoms with van der Waals surface area (Å²) in [6.45, 7) is 4.05. The minimum Gasteiger partial charge on any atom is -0.393 e. The minimum atomic E-state index is -0.121. The predicted octanol–water partition coefficient (Wildman–Crippen LogP) is 2.11. The summed E-state index contributed by atoms with van der Waals surface area (Å²) in [6, 6.07) is 0. The summed E-state index contributed by atoms with van der Waals surface area (Å²) >= 11 is 0. The molecule has 0 amide bonds. The van der Waals surface area contributed by atoms with Gasteiger partial charge < -0.3 is 5.11 Å². The molecule has 0 radical (unpaired) electrons. The molecule has 1 aliphatic carbocycles. The first-order chi connectivity index (χ1) is 4.70. The highest BCUT2D eigenvalue weighted by atomic mass is 16.3. The summed E-state index contributed by atoms with van der Waals surface area (Å²) in [5.74, 6) is 0.517. The molecular formula is C9H16O. The Bertz CT molecular complexity index is 136. The molecule has 0 aromatic rings. The molecule has 2 atom stereocenters. The highest BCUT2D eigenvalue weighted by Crippen LogP contribution is 2.25. The lowest BCUT2D eigenvalue weighted by molar-refractivity contribution is 0.119. The van der Waals surface area contributed by atoms with Crippen molar-refractivity contribution < 1.29 is 5.11 Å². The molecule has 58 valence electrons. The van der Waals surface area contributed by atoms with Crippen LogP contribution in [-0.2, 0) is 0 Å². The first-order valence-electron chi connectivity index (χ1n) is 4.04. The molecule has 1 N–H and O–H groups in total. The number of hydrogen-bond donors (Lipinski definition) is 1. The van der Waals surface area contributed by atoms with Crippen molar-refractivity contribution in [3.8, 4) is 0 Å². The molecule has 0 saturated heterocycles. The number of allylic oxidation sites excluding steroid dienone is 2. The Labute approximate surface area is 62.8 Å². The summed E-state index contributed by atoms with van der Waals surface area (Å²) < 4.78 is 0. The average molecular weight is 140 g/mol. The third-order valence-electron chi connectivity index (χ3n) is 2.36. The smallest absolute Gasteiger partial charge is 0.0543 e. The summed E-state index contributed by atoms with van der Waals surface area (Å²) in [7, 11) is 0. The normalized spacial score (nSPS) is 29.5. The topological polar surface area (TPSA) is 20.2 Å². The first-order valence-corrected chi connectivity index (χ1v) is 4.04. The van der Waals surface area contributed by atoms with Crippen molar-refractivity contribution in [3.05, 3.63) is 11.6 Å². The fraction of sp³-hybridized carbons (Fsp3) is 0.778. The summed E-state index contributed by atoms with van der Waals surface area (Å²) in [6.07, 6.45) is 5.55. The highest BCUT2D eigenvalue weighted by Gasteiger charge is 2.16. The lowest BCUT2D eigenvalue weighted by Gasteiger charge is -2.22. The molecular weight excluding hydrogens is 124 g/mol. The van der Waals surface area contributed by atoms with Gasteiger partial charge in [0.25, 0.3) is 0 Å². The predicted molar refractivity (Wildman–Crippen MR) is 42.8 cm³/mol. The molecule has 0 fully saturated rings. The van der Waals surface area contributed by atoms with Gasteiger partial charge in [-0.2, -0.15) is 0 Å². The number of hydrogen-bond acceptors (Lipinski definition) is 1. The van der Waals surface area contributed by atoms with Crippen LogP contribution in [0, 0.1) is 5.92 Å². The maximum absolute atomic E-state index is 9.23. The van der Waals surface area contributed by atoms with Crippen LogP contribution in [-0.4, -0.2) is 11.2 Å². The number of rotatable bonds is 1. The van der Waals surface area contributed by atoms with E-state index >= 15 is 0 Å². The Hall–Kier alpha value is -0.300. The van der Waals surface area contributed by atoms with Crippen LogP contribution in [0.1, 0.15) is 33.1 Å². The van der Waals surface area contributed by atoms with E-state index in [9.17, 15) is 5.11 Å². The molecule has 1 heteroatoms. The van der Waals surface area contributed by atoms with Crippen molar-refractivity contribution in [2.45, 2.75) is 39.2 Å². The van der Waals surface area contributed by atoms with E-state index in [1.165, 1.54) is 18.4 Å². The van der Waals surface area contributed by atoms with Crippen LogP contribution in [0.2, 0.25) is 0 Å². The summed E-state index contributed by atoms with van der Waals surface area (Å²) in [5.41, 5.74) is 1.48. The second kappa shape index (κ2) is 3.20. The maximum atomic E-state index is 9.23. The van der Waals surface area contributed by atoms with Crippen molar-refractivity contribution in [3.63, 3.8) is 0 Å². The highest BCUT2D eigenvalue weighted by molar-refractivity contribution is 5.03. The van der Waals surface area contributed by atoms with E-state index < -0.39 is 0 Å². The van der Waals surface area contributed by atoms with Gasteiger partial charge >= 0.3 is 0 Å². The van der Waals surface area contributed by atoms with Crippen LogP contribution in [0.3, 0.4) is 0 Å². The largest absolute Gasteiger partial charge is 0.393 e. The zero-order chi connectivity index (χ0) is 7.56. The van der Waals surface area contributed by atoms with Crippen molar-refractivity contribution in [1.82, 2.24) is 0 Å². The maximum Gasteiger partial charge on any atom is 0.0543 e. The Balaban J connectivity index is 2.42. The van der Waals surface area contributed by atoms with Gasteiger partial charge in [0.2, 0.25) is 0 Å². The van der Waals surface area contributed by atoms with Gasteiger partial charge in [-0.15, -0.1) is 0 Å². The molecule has 1 unspecified atom stereocenters. The molecule has 10 heavy (non-hydrogen) atoms. The van der Waals surface area contributed by atoms with Gasteiger partial charge in [-0.05, 0) is 39.0 Å². The van der Waals surface area contributed by atoms with Gasteiger partial charge in [-0.1, -0.05) is 11.6 Å². The summed E-state index contributed by atoms with van der Waals surface area (Å²) in [5, 5.41) is 9.23. The number of aliphatic hydroxyl groups excluding tert-OH is 1. The molecule has 0 aromatic heterocycles. The zero-order valence-corrected chi connectivity index (χ0v) is 6.80. The van der Waals surface area contributed by atoms with Crippen LogP contribution in [0.15, 0.2) is 11.6 Å². The zero-order valence-electron chi connectivity index (χ0n) is 6.80. The van der Waals surface area contributed by atoms with E-state index in [2.05, 4.69) is 13.0 Å². The standard InChI is InChI=1S/C9H16O/c1-7-3-5-9(6-4-7)8(2)10/h3,8-10H,4-6H2,1-2H3/t8?,9-/m0/s1. The van der Waals surface area contributed by atoms with Crippen LogP contribution in [0.5, 0.6) is 0 Å². The van der Waals surface area contributed by atoms with E-state index in [-0.39, 0.29) is 6.10 Å². The molecule has 1 aliphatic rings. The SMILES string of the molecule is CC1=CC[C@H](C(C)O)CC1. The fourth-order valence-electron chi connectivity index (χ4n) is 1.42. The van der Waals surface area contributed by atoms with E-state index in [4.69, 9.17) is 0 Å². The van der Waals surface area contributed by atoms with Crippen LogP contribution >= 0.6 is 0 Å². The third-order valence-corrected chi connectivity index (χ3v) is 2.36. The van der Waals surface area contributed by atoms with E-state index in [1.807, 2.05) is 6.92 Å². The van der Waals surface area contributed by atoms with Gasteiger partial charge in [0.05, 0.1) is 6.10 Å². The Morgan fingerprint density at radius 1 is 1.70 bits per heavy atom. The molecule has 0 bridgehead atoms. The molecule has 0 spiro atoms. The van der Waals surface area contributed by atoms with Crippen LogP contribution in [0.4, 0.5) is 0 Å². The van der Waals surface area contributed by atoms with Gasteiger partial charge in [0.15, 0.2) is 0 Å². The summed E-state index contributed by atoms with van der Waals surface area (Å²) in [4.78, 5) is 0. The molecule has 0 aliphatic heterocycles. The van der Waals surface area contributed by atoms with Crippen molar-refractivity contribution >= 4 is 0 Å². The van der Waals surface area contributed by atoms with E-state index in [0.717, 1.165) is 6.42 Å². The molecule has 1 rings (SSSR count).